The van der Waals surface area contributed by atoms with Gasteiger partial charge >= 0.3 is 0 Å². The van der Waals surface area contributed by atoms with Crippen LogP contribution >= 0.6 is 27.5 Å². The third-order valence-corrected chi connectivity index (χ3v) is 3.13. The summed E-state index contributed by atoms with van der Waals surface area (Å²) in [4.78, 5) is 2.37. The summed E-state index contributed by atoms with van der Waals surface area (Å²) in [6.45, 7) is 3.21. The first-order valence-electron chi connectivity index (χ1n) is 4.29. The van der Waals surface area contributed by atoms with E-state index < -0.39 is 0 Å². The van der Waals surface area contributed by atoms with Crippen molar-refractivity contribution in [2.45, 2.75) is 6.54 Å². The van der Waals surface area contributed by atoms with Crippen LogP contribution in [0.1, 0.15) is 5.56 Å². The van der Waals surface area contributed by atoms with Gasteiger partial charge in [0.15, 0.2) is 4.67 Å². The Labute approximate surface area is 91.0 Å². The average molecular weight is 265 g/mol. The molecule has 0 aliphatic carbocycles. The van der Waals surface area contributed by atoms with E-state index in [2.05, 4.69) is 20.8 Å². The van der Waals surface area contributed by atoms with Gasteiger partial charge in [0.25, 0.3) is 0 Å². The molecule has 13 heavy (non-hydrogen) atoms. The van der Waals surface area contributed by atoms with E-state index in [0.29, 0.717) is 5.92 Å². The van der Waals surface area contributed by atoms with Gasteiger partial charge in [-0.25, -0.2) is 0 Å². The number of alkyl halides is 1. The molecular formula is C9H11BrClNO. The summed E-state index contributed by atoms with van der Waals surface area (Å²) in [5.74, 6) is 1.47. The maximum Gasteiger partial charge on any atom is 0.169 e. The minimum Gasteiger partial charge on any atom is -0.457 e. The van der Waals surface area contributed by atoms with E-state index >= 15 is 0 Å². The first kappa shape index (κ1) is 9.56. The molecule has 2 rings (SSSR count). The van der Waals surface area contributed by atoms with E-state index in [1.165, 1.54) is 5.56 Å². The first-order valence-corrected chi connectivity index (χ1v) is 5.62. The Hall–Kier alpha value is 0.01000. The van der Waals surface area contributed by atoms with Gasteiger partial charge in [0, 0.05) is 31.1 Å². The van der Waals surface area contributed by atoms with Crippen LogP contribution in [0.5, 0.6) is 0 Å². The van der Waals surface area contributed by atoms with Crippen molar-refractivity contribution < 1.29 is 4.42 Å². The average Bonchev–Trinajstić information content (AvgIpc) is 2.43. The number of rotatable bonds is 3. The monoisotopic (exact) mass is 263 g/mol. The molecule has 0 bridgehead atoms. The van der Waals surface area contributed by atoms with Crippen LogP contribution in [0.3, 0.4) is 0 Å². The van der Waals surface area contributed by atoms with E-state index in [-0.39, 0.29) is 0 Å². The van der Waals surface area contributed by atoms with Crippen molar-refractivity contribution in [2.75, 3.05) is 19.0 Å². The van der Waals surface area contributed by atoms with Gasteiger partial charge in [-0.15, -0.1) is 11.6 Å². The molecule has 0 spiro atoms. The molecule has 2 nitrogen and oxygen atoms in total. The van der Waals surface area contributed by atoms with Gasteiger partial charge in [0.05, 0.1) is 6.26 Å². The molecule has 2 heterocycles. The summed E-state index contributed by atoms with van der Waals surface area (Å²) >= 11 is 9.00. The molecule has 1 aliphatic rings. The zero-order valence-electron chi connectivity index (χ0n) is 7.17. The summed E-state index contributed by atoms with van der Waals surface area (Å²) in [5, 5.41) is 0. The molecule has 0 atom stereocenters. The van der Waals surface area contributed by atoms with Crippen molar-refractivity contribution >= 4 is 27.5 Å². The quantitative estimate of drug-likeness (QED) is 0.781. The van der Waals surface area contributed by atoms with Gasteiger partial charge in [-0.05, 0) is 27.9 Å². The lowest BCUT2D eigenvalue weighted by molar-refractivity contribution is 0.107. The van der Waals surface area contributed by atoms with Crippen molar-refractivity contribution in [3.63, 3.8) is 0 Å². The van der Waals surface area contributed by atoms with E-state index in [9.17, 15) is 0 Å². The Morgan fingerprint density at radius 3 is 2.92 bits per heavy atom. The van der Waals surface area contributed by atoms with Crippen LogP contribution in [-0.4, -0.2) is 23.9 Å². The van der Waals surface area contributed by atoms with Gasteiger partial charge in [-0.1, -0.05) is 0 Å². The Kier molecular flexibility index (Phi) is 2.96. The summed E-state index contributed by atoms with van der Waals surface area (Å²) in [7, 11) is 0. The number of hydrogen-bond acceptors (Lipinski definition) is 2. The van der Waals surface area contributed by atoms with Crippen LogP contribution in [0.4, 0.5) is 0 Å². The number of nitrogens with zero attached hydrogens (tertiary/aromatic N) is 1. The van der Waals surface area contributed by atoms with Gasteiger partial charge < -0.3 is 4.42 Å². The van der Waals surface area contributed by atoms with E-state index in [4.69, 9.17) is 16.0 Å². The Bertz CT molecular complexity index is 283. The van der Waals surface area contributed by atoms with E-state index in [1.807, 2.05) is 6.07 Å². The van der Waals surface area contributed by atoms with Gasteiger partial charge in [0.1, 0.15) is 0 Å². The lowest BCUT2D eigenvalue weighted by Crippen LogP contribution is -2.46. The fourth-order valence-corrected chi connectivity index (χ4v) is 2.17. The minimum absolute atomic E-state index is 0.692. The van der Waals surface area contributed by atoms with Gasteiger partial charge in [-0.3, -0.25) is 4.90 Å². The summed E-state index contributed by atoms with van der Waals surface area (Å²) in [5.41, 5.74) is 1.22. The largest absolute Gasteiger partial charge is 0.457 e. The van der Waals surface area contributed by atoms with E-state index in [0.717, 1.165) is 30.2 Å². The molecule has 0 saturated carbocycles. The number of hydrogen-bond donors (Lipinski definition) is 0. The highest BCUT2D eigenvalue weighted by atomic mass is 79.9. The molecule has 0 radical (unpaired) electrons. The minimum atomic E-state index is 0.692. The number of furan rings is 1. The zero-order valence-corrected chi connectivity index (χ0v) is 9.51. The predicted octanol–water partition coefficient (Wildman–Crippen LogP) is 2.71. The van der Waals surface area contributed by atoms with Crippen molar-refractivity contribution in [3.8, 4) is 0 Å². The normalized spacial score (nSPS) is 18.9. The molecular weight excluding hydrogens is 253 g/mol. The molecule has 0 unspecified atom stereocenters. The summed E-state index contributed by atoms with van der Waals surface area (Å²) in [6, 6.07) is 2.01. The smallest absolute Gasteiger partial charge is 0.169 e. The second-order valence-electron chi connectivity index (χ2n) is 3.47. The van der Waals surface area contributed by atoms with Crippen LogP contribution in [0.15, 0.2) is 21.4 Å². The topological polar surface area (TPSA) is 16.4 Å². The van der Waals surface area contributed by atoms with Crippen molar-refractivity contribution in [1.29, 1.82) is 0 Å². The first-order chi connectivity index (χ1) is 6.28. The highest BCUT2D eigenvalue weighted by molar-refractivity contribution is 9.10. The molecule has 1 saturated heterocycles. The molecule has 1 aromatic heterocycles. The van der Waals surface area contributed by atoms with Gasteiger partial charge in [-0.2, -0.15) is 0 Å². The zero-order chi connectivity index (χ0) is 9.26. The molecule has 0 N–H and O–H groups in total. The Morgan fingerprint density at radius 2 is 2.38 bits per heavy atom. The highest BCUT2D eigenvalue weighted by Gasteiger charge is 2.25. The van der Waals surface area contributed by atoms with Crippen molar-refractivity contribution in [2.24, 2.45) is 5.92 Å². The number of halogens is 2. The molecule has 0 aromatic carbocycles. The fourth-order valence-electron chi connectivity index (χ4n) is 1.59. The molecule has 1 aliphatic heterocycles. The van der Waals surface area contributed by atoms with Crippen LogP contribution in [0.25, 0.3) is 0 Å². The predicted molar refractivity (Wildman–Crippen MR) is 55.9 cm³/mol. The van der Waals surface area contributed by atoms with Gasteiger partial charge in [0.2, 0.25) is 0 Å². The molecule has 1 aromatic rings. The standard InChI is InChI=1S/C9H11BrClNO/c10-9-1-7(6-13-9)3-12-4-8(2-11)5-12/h1,6,8H,2-5H2. The van der Waals surface area contributed by atoms with Crippen LogP contribution < -0.4 is 0 Å². The molecule has 0 amide bonds. The summed E-state index contributed by atoms with van der Waals surface area (Å²) < 4.78 is 5.95. The maximum atomic E-state index is 5.72. The van der Waals surface area contributed by atoms with Crippen LogP contribution in [0.2, 0.25) is 0 Å². The third-order valence-electron chi connectivity index (χ3n) is 2.28. The number of likely N-dealkylation sites (tertiary alicyclic amines) is 1. The van der Waals surface area contributed by atoms with Crippen molar-refractivity contribution in [3.05, 3.63) is 22.6 Å². The molecule has 1 fully saturated rings. The lowest BCUT2D eigenvalue weighted by Gasteiger charge is -2.37. The Balaban J connectivity index is 1.81. The summed E-state index contributed by atoms with van der Waals surface area (Å²) in [6.07, 6.45) is 1.79. The maximum absolute atomic E-state index is 5.72. The lowest BCUT2D eigenvalue weighted by atomic mass is 10.0. The second kappa shape index (κ2) is 4.03. The Morgan fingerprint density at radius 1 is 1.62 bits per heavy atom. The van der Waals surface area contributed by atoms with Crippen molar-refractivity contribution in [1.82, 2.24) is 4.90 Å². The highest BCUT2D eigenvalue weighted by Crippen LogP contribution is 2.21. The fraction of sp³-hybridized carbons (Fsp3) is 0.556. The third kappa shape index (κ3) is 2.27. The van der Waals surface area contributed by atoms with E-state index in [1.54, 1.807) is 6.26 Å². The van der Waals surface area contributed by atoms with Crippen LogP contribution in [0, 0.1) is 5.92 Å². The second-order valence-corrected chi connectivity index (χ2v) is 4.56. The SMILES string of the molecule is ClCC1CN(Cc2coc(Br)c2)C1. The molecule has 72 valence electrons. The molecule has 4 heteroatoms. The van der Waals surface area contributed by atoms with Crippen LogP contribution in [-0.2, 0) is 6.54 Å².